The number of carbonyl (C=O) groups excluding carboxylic acids is 1. The zero-order valence-corrected chi connectivity index (χ0v) is 13.5. The maximum Gasteiger partial charge on any atom is 0.166 e. The summed E-state index contributed by atoms with van der Waals surface area (Å²) in [6, 6.07) is 0. The topological polar surface area (TPSA) is 42.9 Å². The first-order chi connectivity index (χ1) is 9.98. The van der Waals surface area contributed by atoms with Gasteiger partial charge in [-0.3, -0.25) is 4.79 Å². The minimum absolute atomic E-state index is 0.0359. The first-order valence-electron chi connectivity index (χ1n) is 8.37. The number of hydrogen-bond donors (Lipinski definition) is 0. The van der Waals surface area contributed by atoms with Gasteiger partial charge in [-0.1, -0.05) is 40.0 Å². The molecule has 3 rings (SSSR count). The molecular weight excluding hydrogens is 260 g/mol. The fraction of sp³-hybridized carbons (Fsp3) is 0.722. The highest BCUT2D eigenvalue weighted by Crippen LogP contribution is 2.38. The van der Waals surface area contributed by atoms with E-state index in [2.05, 4.69) is 25.8 Å². The van der Waals surface area contributed by atoms with Crippen molar-refractivity contribution in [2.24, 2.45) is 11.3 Å². The molecule has 21 heavy (non-hydrogen) atoms. The normalized spacial score (nSPS) is 28.2. The molecule has 0 N–H and O–H groups in total. The van der Waals surface area contributed by atoms with Crippen molar-refractivity contribution in [1.29, 1.82) is 0 Å². The molecule has 0 radical (unpaired) electrons. The Balaban J connectivity index is 1.87. The third kappa shape index (κ3) is 3.02. The van der Waals surface area contributed by atoms with Gasteiger partial charge in [-0.05, 0) is 30.6 Å². The van der Waals surface area contributed by atoms with E-state index in [1.54, 1.807) is 6.20 Å². The van der Waals surface area contributed by atoms with Crippen molar-refractivity contribution in [2.45, 2.75) is 71.6 Å². The Kier molecular flexibility index (Phi) is 3.85. The van der Waals surface area contributed by atoms with Crippen LogP contribution >= 0.6 is 0 Å². The summed E-state index contributed by atoms with van der Waals surface area (Å²) in [7, 11) is 0. The van der Waals surface area contributed by atoms with E-state index in [0.717, 1.165) is 29.4 Å². The SMILES string of the molecule is CCC1CCCC(c2ncc3c(n2)CC(C)(C)CC3=O)C1. The van der Waals surface area contributed by atoms with E-state index >= 15 is 0 Å². The van der Waals surface area contributed by atoms with Crippen molar-refractivity contribution in [1.82, 2.24) is 9.97 Å². The first-order valence-corrected chi connectivity index (χ1v) is 8.37. The maximum absolute atomic E-state index is 12.2. The lowest BCUT2D eigenvalue weighted by Gasteiger charge is -2.31. The molecule has 114 valence electrons. The molecule has 0 saturated heterocycles. The van der Waals surface area contributed by atoms with Gasteiger partial charge in [-0.2, -0.15) is 0 Å². The monoisotopic (exact) mass is 286 g/mol. The van der Waals surface area contributed by atoms with Gasteiger partial charge in [0.05, 0.1) is 11.3 Å². The second-order valence-corrected chi connectivity index (χ2v) is 7.67. The van der Waals surface area contributed by atoms with E-state index in [0.29, 0.717) is 12.3 Å². The first kappa shape index (κ1) is 14.7. The smallest absolute Gasteiger partial charge is 0.166 e. The van der Waals surface area contributed by atoms with E-state index < -0.39 is 0 Å². The highest BCUT2D eigenvalue weighted by Gasteiger charge is 2.33. The minimum Gasteiger partial charge on any atom is -0.294 e. The van der Waals surface area contributed by atoms with E-state index in [-0.39, 0.29) is 11.2 Å². The number of Topliss-reactive ketones (excluding diaryl/α,β-unsaturated/α-hetero) is 1. The van der Waals surface area contributed by atoms with Crippen LogP contribution in [-0.2, 0) is 6.42 Å². The molecule has 3 heteroatoms. The summed E-state index contributed by atoms with van der Waals surface area (Å²) in [4.78, 5) is 21.6. The molecule has 1 heterocycles. The summed E-state index contributed by atoms with van der Waals surface area (Å²) in [5.74, 6) is 2.51. The molecule has 1 saturated carbocycles. The number of hydrogen-bond acceptors (Lipinski definition) is 3. The highest BCUT2D eigenvalue weighted by molar-refractivity contribution is 5.98. The van der Waals surface area contributed by atoms with Gasteiger partial charge in [0, 0.05) is 18.5 Å². The summed E-state index contributed by atoms with van der Waals surface area (Å²) >= 11 is 0. The van der Waals surface area contributed by atoms with Crippen molar-refractivity contribution >= 4 is 5.78 Å². The Morgan fingerprint density at radius 1 is 1.29 bits per heavy atom. The molecule has 2 aliphatic carbocycles. The van der Waals surface area contributed by atoms with Crippen LogP contribution in [0.1, 0.15) is 87.1 Å². The van der Waals surface area contributed by atoms with E-state index in [9.17, 15) is 4.79 Å². The largest absolute Gasteiger partial charge is 0.294 e. The van der Waals surface area contributed by atoms with Gasteiger partial charge >= 0.3 is 0 Å². The van der Waals surface area contributed by atoms with E-state index in [1.807, 2.05) is 0 Å². The Hall–Kier alpha value is -1.25. The number of rotatable bonds is 2. The van der Waals surface area contributed by atoms with Gasteiger partial charge in [0.1, 0.15) is 5.82 Å². The molecule has 2 atom stereocenters. The Morgan fingerprint density at radius 2 is 2.10 bits per heavy atom. The van der Waals surface area contributed by atoms with E-state index in [1.165, 1.54) is 32.1 Å². The average Bonchev–Trinajstić information content (AvgIpc) is 2.45. The molecule has 1 fully saturated rings. The van der Waals surface area contributed by atoms with Gasteiger partial charge in [0.2, 0.25) is 0 Å². The molecule has 2 unspecified atom stereocenters. The van der Waals surface area contributed by atoms with Crippen molar-refractivity contribution < 1.29 is 4.79 Å². The second kappa shape index (κ2) is 5.51. The standard InChI is InChI=1S/C18H26N2O/c1-4-12-6-5-7-13(8-12)17-19-11-14-15(20-17)9-18(2,3)10-16(14)21/h11-13H,4-10H2,1-3H3. The average molecular weight is 286 g/mol. The fourth-order valence-corrected chi connectivity index (χ4v) is 3.94. The quantitative estimate of drug-likeness (QED) is 0.813. The highest BCUT2D eigenvalue weighted by atomic mass is 16.1. The van der Waals surface area contributed by atoms with Crippen LogP contribution in [0, 0.1) is 11.3 Å². The Bertz CT molecular complexity index is 550. The van der Waals surface area contributed by atoms with Gasteiger partial charge in [0.15, 0.2) is 5.78 Å². The van der Waals surface area contributed by atoms with Crippen LogP contribution in [0.2, 0.25) is 0 Å². The van der Waals surface area contributed by atoms with Crippen LogP contribution in [0.3, 0.4) is 0 Å². The summed E-state index contributed by atoms with van der Waals surface area (Å²) in [5.41, 5.74) is 1.79. The summed E-state index contributed by atoms with van der Waals surface area (Å²) in [6.45, 7) is 6.59. The number of fused-ring (bicyclic) bond motifs is 1. The maximum atomic E-state index is 12.2. The molecular formula is C18H26N2O. The molecule has 0 bridgehead atoms. The van der Waals surface area contributed by atoms with Gasteiger partial charge in [-0.15, -0.1) is 0 Å². The summed E-state index contributed by atoms with van der Waals surface area (Å²) in [6.07, 6.45) is 9.62. The molecule has 0 aliphatic heterocycles. The van der Waals surface area contributed by atoms with Crippen molar-refractivity contribution in [3.63, 3.8) is 0 Å². The molecule has 1 aromatic heterocycles. The Labute approximate surface area is 127 Å². The minimum atomic E-state index is 0.0359. The third-order valence-corrected chi connectivity index (χ3v) is 5.20. The number of ketones is 1. The van der Waals surface area contributed by atoms with Crippen LogP contribution in [0.15, 0.2) is 6.20 Å². The van der Waals surface area contributed by atoms with Crippen LogP contribution in [-0.4, -0.2) is 15.8 Å². The zero-order valence-electron chi connectivity index (χ0n) is 13.5. The zero-order chi connectivity index (χ0) is 15.0. The molecule has 1 aromatic rings. The van der Waals surface area contributed by atoms with Gasteiger partial charge in [0.25, 0.3) is 0 Å². The van der Waals surface area contributed by atoms with Crippen molar-refractivity contribution in [2.75, 3.05) is 0 Å². The third-order valence-electron chi connectivity index (χ3n) is 5.20. The van der Waals surface area contributed by atoms with Gasteiger partial charge < -0.3 is 0 Å². The van der Waals surface area contributed by atoms with Crippen LogP contribution in [0.5, 0.6) is 0 Å². The van der Waals surface area contributed by atoms with Crippen molar-refractivity contribution in [3.8, 4) is 0 Å². The molecule has 2 aliphatic rings. The number of aromatic nitrogens is 2. The predicted molar refractivity (Wildman–Crippen MR) is 83.5 cm³/mol. The second-order valence-electron chi connectivity index (χ2n) is 7.67. The van der Waals surface area contributed by atoms with Gasteiger partial charge in [-0.25, -0.2) is 9.97 Å². The number of carbonyl (C=O) groups is 1. The Morgan fingerprint density at radius 3 is 2.86 bits per heavy atom. The summed E-state index contributed by atoms with van der Waals surface area (Å²) in [5, 5.41) is 0. The molecule has 0 amide bonds. The van der Waals surface area contributed by atoms with Crippen LogP contribution in [0.25, 0.3) is 0 Å². The molecule has 3 nitrogen and oxygen atoms in total. The summed E-state index contributed by atoms with van der Waals surface area (Å²) < 4.78 is 0. The van der Waals surface area contributed by atoms with Crippen molar-refractivity contribution in [3.05, 3.63) is 23.3 Å². The lowest BCUT2D eigenvalue weighted by molar-refractivity contribution is 0.0909. The predicted octanol–water partition coefficient (Wildman–Crippen LogP) is 4.32. The molecule has 0 spiro atoms. The van der Waals surface area contributed by atoms with E-state index in [4.69, 9.17) is 4.98 Å². The lowest BCUT2D eigenvalue weighted by atomic mass is 9.75. The van der Waals surface area contributed by atoms with Crippen LogP contribution in [0.4, 0.5) is 0 Å². The lowest BCUT2D eigenvalue weighted by Crippen LogP contribution is -2.29. The van der Waals surface area contributed by atoms with Crippen LogP contribution < -0.4 is 0 Å². The fourth-order valence-electron chi connectivity index (χ4n) is 3.94. The number of nitrogens with zero attached hydrogens (tertiary/aromatic N) is 2. The molecule has 0 aromatic carbocycles.